The lowest BCUT2D eigenvalue weighted by atomic mass is 10.2. The highest BCUT2D eigenvalue weighted by atomic mass is 32.1. The molecule has 0 atom stereocenters. The first-order valence-corrected chi connectivity index (χ1v) is 8.69. The van der Waals surface area contributed by atoms with Gasteiger partial charge in [-0.05, 0) is 49.4 Å². The Hall–Kier alpha value is -2.13. The van der Waals surface area contributed by atoms with Crippen LogP contribution in [0.1, 0.15) is 25.7 Å². The predicted molar refractivity (Wildman–Crippen MR) is 107 cm³/mol. The second kappa shape index (κ2) is 12.3. The number of hydrogen-bond acceptors (Lipinski definition) is 5. The van der Waals surface area contributed by atoms with Crippen LogP contribution in [0, 0.1) is 0 Å². The number of hydrogen-bond donors (Lipinski definition) is 4. The molecule has 0 radical (unpaired) electrons. The van der Waals surface area contributed by atoms with Crippen LogP contribution in [0.2, 0.25) is 0 Å². The maximum atomic E-state index is 11.0. The van der Waals surface area contributed by atoms with Gasteiger partial charge in [-0.2, -0.15) is 0 Å². The Morgan fingerprint density at radius 2 is 1.76 bits per heavy atom. The monoisotopic (exact) mass is 384 g/mol. The van der Waals surface area contributed by atoms with Crippen molar-refractivity contribution in [3.8, 4) is 5.75 Å². The Labute approximate surface area is 158 Å². The van der Waals surface area contributed by atoms with Crippen molar-refractivity contribution in [1.82, 2.24) is 16.2 Å². The van der Waals surface area contributed by atoms with Crippen LogP contribution < -0.4 is 26.2 Å². The summed E-state index contributed by atoms with van der Waals surface area (Å²) in [6, 6.07) is 7.46. The topological polar surface area (TPSA) is 83.7 Å². The second-order valence-electron chi connectivity index (χ2n) is 5.05. The van der Waals surface area contributed by atoms with Crippen LogP contribution in [-0.2, 0) is 9.53 Å². The van der Waals surface area contributed by atoms with E-state index >= 15 is 0 Å². The number of carbonyl (C=O) groups is 1. The number of ether oxygens (including phenoxy) is 2. The smallest absolute Gasteiger partial charge is 0.305 e. The number of thiocarbonyl (C=S) groups is 2. The zero-order chi connectivity index (χ0) is 18.5. The number of methoxy groups -OCH3 is 2. The van der Waals surface area contributed by atoms with Crippen molar-refractivity contribution in [2.45, 2.75) is 25.7 Å². The van der Waals surface area contributed by atoms with Gasteiger partial charge < -0.3 is 20.1 Å². The van der Waals surface area contributed by atoms with E-state index < -0.39 is 0 Å². The van der Waals surface area contributed by atoms with Crippen molar-refractivity contribution in [1.29, 1.82) is 0 Å². The first kappa shape index (κ1) is 20.9. The summed E-state index contributed by atoms with van der Waals surface area (Å²) >= 11 is 10.3. The highest BCUT2D eigenvalue weighted by Gasteiger charge is 2.04. The average Bonchev–Trinajstić information content (AvgIpc) is 2.63. The van der Waals surface area contributed by atoms with Crippen LogP contribution in [0.3, 0.4) is 0 Å². The molecule has 0 aliphatic heterocycles. The SMILES string of the molecule is COC(=O)CCCCCNC(=S)NNC(=S)Nc1ccccc1OC. The van der Waals surface area contributed by atoms with Crippen molar-refractivity contribution in [2.75, 3.05) is 26.1 Å². The van der Waals surface area contributed by atoms with Crippen LogP contribution in [0.15, 0.2) is 24.3 Å². The Morgan fingerprint density at radius 3 is 2.48 bits per heavy atom. The molecule has 0 unspecified atom stereocenters. The number of benzene rings is 1. The molecule has 0 aliphatic carbocycles. The molecule has 4 N–H and O–H groups in total. The minimum atomic E-state index is -0.176. The first-order valence-electron chi connectivity index (χ1n) is 7.87. The molecule has 7 nitrogen and oxygen atoms in total. The molecule has 1 rings (SSSR count). The summed E-state index contributed by atoms with van der Waals surface area (Å²) in [4.78, 5) is 11.0. The van der Waals surface area contributed by atoms with E-state index in [4.69, 9.17) is 29.2 Å². The van der Waals surface area contributed by atoms with Gasteiger partial charge in [0.05, 0.1) is 19.9 Å². The number of unbranched alkanes of at least 4 members (excludes halogenated alkanes) is 2. The summed E-state index contributed by atoms with van der Waals surface area (Å²) in [5.74, 6) is 0.518. The summed E-state index contributed by atoms with van der Waals surface area (Å²) in [5.41, 5.74) is 6.37. The van der Waals surface area contributed by atoms with Gasteiger partial charge in [0.15, 0.2) is 10.2 Å². The molecule has 9 heteroatoms. The first-order chi connectivity index (χ1) is 12.1. The van der Waals surface area contributed by atoms with Crippen molar-refractivity contribution in [3.63, 3.8) is 0 Å². The van der Waals surface area contributed by atoms with Gasteiger partial charge in [-0.3, -0.25) is 15.6 Å². The maximum absolute atomic E-state index is 11.0. The molecule has 0 saturated carbocycles. The number of rotatable bonds is 8. The van der Waals surface area contributed by atoms with Crippen LogP contribution >= 0.6 is 24.4 Å². The Balaban J connectivity index is 2.15. The fourth-order valence-electron chi connectivity index (χ4n) is 1.93. The summed E-state index contributed by atoms with van der Waals surface area (Å²) in [5, 5.41) is 6.88. The number of carbonyl (C=O) groups excluding carboxylic acids is 1. The van der Waals surface area contributed by atoms with Gasteiger partial charge in [-0.1, -0.05) is 18.6 Å². The van der Waals surface area contributed by atoms with Gasteiger partial charge in [0.25, 0.3) is 0 Å². The van der Waals surface area contributed by atoms with E-state index in [0.717, 1.165) is 24.9 Å². The summed E-state index contributed by atoms with van der Waals surface area (Å²) in [7, 11) is 2.99. The third-order valence-electron chi connectivity index (χ3n) is 3.22. The Bertz CT molecular complexity index is 584. The summed E-state index contributed by atoms with van der Waals surface area (Å²) in [6.07, 6.45) is 3.08. The average molecular weight is 385 g/mol. The minimum absolute atomic E-state index is 0.176. The minimum Gasteiger partial charge on any atom is -0.495 e. The van der Waals surface area contributed by atoms with Crippen molar-refractivity contribution >= 4 is 46.3 Å². The molecule has 0 bridgehead atoms. The van der Waals surface area contributed by atoms with Crippen LogP contribution in [0.5, 0.6) is 5.75 Å². The molecule has 0 aromatic heterocycles. The molecule has 0 aliphatic rings. The molecule has 0 saturated heterocycles. The Kier molecular flexibility index (Phi) is 10.3. The number of anilines is 1. The van der Waals surface area contributed by atoms with E-state index in [9.17, 15) is 4.79 Å². The fraction of sp³-hybridized carbons (Fsp3) is 0.438. The van der Waals surface area contributed by atoms with Gasteiger partial charge in [-0.15, -0.1) is 0 Å². The number of hydrazine groups is 1. The third kappa shape index (κ3) is 9.06. The molecule has 138 valence electrons. The zero-order valence-corrected chi connectivity index (χ0v) is 16.0. The van der Waals surface area contributed by atoms with E-state index in [1.807, 2.05) is 24.3 Å². The molecular formula is C16H24N4O3S2. The van der Waals surface area contributed by atoms with E-state index in [0.29, 0.717) is 28.9 Å². The normalized spacial score (nSPS) is 9.68. The van der Waals surface area contributed by atoms with Gasteiger partial charge in [0, 0.05) is 13.0 Å². The molecule has 25 heavy (non-hydrogen) atoms. The summed E-state index contributed by atoms with van der Waals surface area (Å²) in [6.45, 7) is 0.710. The van der Waals surface area contributed by atoms with E-state index in [1.54, 1.807) is 7.11 Å². The Morgan fingerprint density at radius 1 is 1.04 bits per heavy atom. The summed E-state index contributed by atoms with van der Waals surface area (Å²) < 4.78 is 9.83. The molecule has 0 heterocycles. The third-order valence-corrected chi connectivity index (χ3v) is 3.67. The van der Waals surface area contributed by atoms with Crippen molar-refractivity contribution in [2.24, 2.45) is 0 Å². The largest absolute Gasteiger partial charge is 0.495 e. The predicted octanol–water partition coefficient (Wildman–Crippen LogP) is 2.09. The lowest BCUT2D eigenvalue weighted by Crippen LogP contribution is -2.48. The quantitative estimate of drug-likeness (QED) is 0.233. The van der Waals surface area contributed by atoms with Gasteiger partial charge in [0.1, 0.15) is 5.75 Å². The molecule has 0 amide bonds. The zero-order valence-electron chi connectivity index (χ0n) is 14.4. The van der Waals surface area contributed by atoms with E-state index in [1.165, 1.54) is 7.11 Å². The van der Waals surface area contributed by atoms with Crippen molar-refractivity contribution < 1.29 is 14.3 Å². The highest BCUT2D eigenvalue weighted by Crippen LogP contribution is 2.22. The molecule has 1 aromatic carbocycles. The van der Waals surface area contributed by atoms with E-state index in [2.05, 4.69) is 26.2 Å². The lowest BCUT2D eigenvalue weighted by molar-refractivity contribution is -0.140. The van der Waals surface area contributed by atoms with Crippen LogP contribution in [0.4, 0.5) is 5.69 Å². The number of nitrogens with one attached hydrogen (secondary N) is 4. The lowest BCUT2D eigenvalue weighted by Gasteiger charge is -2.15. The number of esters is 1. The van der Waals surface area contributed by atoms with Gasteiger partial charge >= 0.3 is 5.97 Å². The second-order valence-corrected chi connectivity index (χ2v) is 5.86. The molecule has 0 fully saturated rings. The highest BCUT2D eigenvalue weighted by molar-refractivity contribution is 7.80. The maximum Gasteiger partial charge on any atom is 0.305 e. The molecule has 0 spiro atoms. The van der Waals surface area contributed by atoms with Gasteiger partial charge in [0.2, 0.25) is 0 Å². The van der Waals surface area contributed by atoms with Crippen LogP contribution in [0.25, 0.3) is 0 Å². The van der Waals surface area contributed by atoms with Crippen LogP contribution in [-0.4, -0.2) is 37.0 Å². The van der Waals surface area contributed by atoms with Gasteiger partial charge in [-0.25, -0.2) is 0 Å². The van der Waals surface area contributed by atoms with Crippen molar-refractivity contribution in [3.05, 3.63) is 24.3 Å². The van der Waals surface area contributed by atoms with E-state index in [-0.39, 0.29) is 5.97 Å². The fourth-order valence-corrected chi connectivity index (χ4v) is 2.25. The molecular weight excluding hydrogens is 360 g/mol. The molecule has 1 aromatic rings. The standard InChI is InChI=1S/C16H24N4O3S2/c1-22-13-9-6-5-8-12(13)18-16(25)20-19-15(24)17-11-7-3-4-10-14(21)23-2/h5-6,8-9H,3-4,7,10-11H2,1-2H3,(H2,17,19,24)(H2,18,20,25). The number of para-hydroxylation sites is 2.